The van der Waals surface area contributed by atoms with Gasteiger partial charge in [0.15, 0.2) is 0 Å². The Morgan fingerprint density at radius 3 is 2.60 bits per heavy atom. The standard InChI is InChI=1S/C8H12N4O3/c9-6-7(11-15-10-6)12-3-1-5(2-4-12)8(13)14/h5H,1-4H2,(H2,9,10)(H,13,14). The van der Waals surface area contributed by atoms with E-state index in [0.29, 0.717) is 31.7 Å². The number of nitrogens with two attached hydrogens (primary N) is 1. The molecule has 0 bridgehead atoms. The van der Waals surface area contributed by atoms with Gasteiger partial charge in [0.25, 0.3) is 0 Å². The van der Waals surface area contributed by atoms with Crippen molar-refractivity contribution in [1.82, 2.24) is 10.3 Å². The van der Waals surface area contributed by atoms with Crippen LogP contribution in [0, 0.1) is 5.92 Å². The van der Waals surface area contributed by atoms with Crippen molar-refractivity contribution < 1.29 is 14.5 Å². The molecule has 0 amide bonds. The van der Waals surface area contributed by atoms with E-state index < -0.39 is 5.97 Å². The summed E-state index contributed by atoms with van der Waals surface area (Å²) in [4.78, 5) is 12.6. The van der Waals surface area contributed by atoms with Gasteiger partial charge in [0.05, 0.1) is 5.92 Å². The summed E-state index contributed by atoms with van der Waals surface area (Å²) in [6, 6.07) is 0. The second-order valence-corrected chi connectivity index (χ2v) is 3.57. The third kappa shape index (κ3) is 1.85. The van der Waals surface area contributed by atoms with E-state index in [4.69, 9.17) is 10.8 Å². The zero-order valence-corrected chi connectivity index (χ0v) is 8.09. The van der Waals surface area contributed by atoms with Crippen molar-refractivity contribution in [3.05, 3.63) is 0 Å². The van der Waals surface area contributed by atoms with Crippen molar-refractivity contribution in [2.45, 2.75) is 12.8 Å². The van der Waals surface area contributed by atoms with Crippen LogP contribution in [0.2, 0.25) is 0 Å². The number of hydrogen-bond acceptors (Lipinski definition) is 6. The highest BCUT2D eigenvalue weighted by molar-refractivity contribution is 5.70. The maximum absolute atomic E-state index is 10.7. The first-order valence-electron chi connectivity index (χ1n) is 4.74. The van der Waals surface area contributed by atoms with E-state index in [1.807, 2.05) is 4.90 Å². The van der Waals surface area contributed by atoms with Crippen LogP contribution in [-0.2, 0) is 4.79 Å². The largest absolute Gasteiger partial charge is 0.481 e. The predicted molar refractivity (Wildman–Crippen MR) is 51.3 cm³/mol. The summed E-state index contributed by atoms with van der Waals surface area (Å²) < 4.78 is 4.49. The molecule has 2 heterocycles. The molecule has 15 heavy (non-hydrogen) atoms. The van der Waals surface area contributed by atoms with E-state index in [1.54, 1.807) is 0 Å². The average Bonchev–Trinajstić information content (AvgIpc) is 2.65. The van der Waals surface area contributed by atoms with Crippen LogP contribution in [0.1, 0.15) is 12.8 Å². The molecule has 1 aromatic heterocycles. The highest BCUT2D eigenvalue weighted by Crippen LogP contribution is 2.24. The number of carboxylic acid groups (broad SMARTS) is 1. The Bertz CT molecular complexity index is 357. The molecule has 1 aliphatic heterocycles. The fourth-order valence-corrected chi connectivity index (χ4v) is 1.75. The number of anilines is 2. The molecule has 2 rings (SSSR count). The predicted octanol–water partition coefficient (Wildman–Crippen LogP) is -0.0472. The average molecular weight is 212 g/mol. The molecule has 0 radical (unpaired) electrons. The van der Waals surface area contributed by atoms with E-state index in [1.165, 1.54) is 0 Å². The van der Waals surface area contributed by atoms with Gasteiger partial charge in [-0.3, -0.25) is 4.79 Å². The fourth-order valence-electron chi connectivity index (χ4n) is 1.75. The summed E-state index contributed by atoms with van der Waals surface area (Å²) in [7, 11) is 0. The molecular formula is C8H12N4O3. The van der Waals surface area contributed by atoms with Crippen molar-refractivity contribution in [1.29, 1.82) is 0 Å². The molecule has 0 unspecified atom stereocenters. The van der Waals surface area contributed by atoms with Crippen LogP contribution in [0.15, 0.2) is 4.63 Å². The summed E-state index contributed by atoms with van der Waals surface area (Å²) in [6.45, 7) is 1.24. The van der Waals surface area contributed by atoms with Crippen LogP contribution in [0.25, 0.3) is 0 Å². The third-order valence-electron chi connectivity index (χ3n) is 2.64. The van der Waals surface area contributed by atoms with Gasteiger partial charge in [0.1, 0.15) is 0 Å². The Hall–Kier alpha value is -1.79. The molecule has 82 valence electrons. The molecule has 0 aliphatic carbocycles. The zero-order chi connectivity index (χ0) is 10.8. The van der Waals surface area contributed by atoms with Crippen molar-refractivity contribution in [3.63, 3.8) is 0 Å². The van der Waals surface area contributed by atoms with Gasteiger partial charge in [-0.05, 0) is 23.2 Å². The lowest BCUT2D eigenvalue weighted by molar-refractivity contribution is -0.142. The van der Waals surface area contributed by atoms with Gasteiger partial charge < -0.3 is 15.7 Å². The third-order valence-corrected chi connectivity index (χ3v) is 2.64. The van der Waals surface area contributed by atoms with Crippen LogP contribution in [0.3, 0.4) is 0 Å². The quantitative estimate of drug-likeness (QED) is 0.708. The molecule has 0 saturated carbocycles. The molecule has 1 fully saturated rings. The monoisotopic (exact) mass is 212 g/mol. The van der Waals surface area contributed by atoms with Crippen molar-refractivity contribution >= 4 is 17.6 Å². The number of hydrogen-bond donors (Lipinski definition) is 2. The van der Waals surface area contributed by atoms with E-state index >= 15 is 0 Å². The number of nitrogens with zero attached hydrogens (tertiary/aromatic N) is 3. The van der Waals surface area contributed by atoms with E-state index in [0.717, 1.165) is 0 Å². The summed E-state index contributed by atoms with van der Waals surface area (Å²) >= 11 is 0. The normalized spacial score (nSPS) is 18.0. The molecular weight excluding hydrogens is 200 g/mol. The van der Waals surface area contributed by atoms with E-state index in [9.17, 15) is 4.79 Å². The first kappa shape index (κ1) is 9.75. The van der Waals surface area contributed by atoms with Crippen molar-refractivity contribution in [2.75, 3.05) is 23.7 Å². The Kier molecular flexibility index (Phi) is 2.44. The number of rotatable bonds is 2. The van der Waals surface area contributed by atoms with Crippen LogP contribution < -0.4 is 10.6 Å². The van der Waals surface area contributed by atoms with Gasteiger partial charge >= 0.3 is 5.97 Å². The van der Waals surface area contributed by atoms with E-state index in [-0.39, 0.29) is 11.7 Å². The summed E-state index contributed by atoms with van der Waals surface area (Å²) in [5.74, 6) is -0.231. The molecule has 7 nitrogen and oxygen atoms in total. The lowest BCUT2D eigenvalue weighted by Gasteiger charge is -2.29. The fraction of sp³-hybridized carbons (Fsp3) is 0.625. The Morgan fingerprint density at radius 2 is 2.13 bits per heavy atom. The number of nitrogen functional groups attached to an aromatic ring is 1. The van der Waals surface area contributed by atoms with Gasteiger partial charge in [-0.15, -0.1) is 0 Å². The summed E-state index contributed by atoms with van der Waals surface area (Å²) in [6.07, 6.45) is 1.20. The van der Waals surface area contributed by atoms with Crippen LogP contribution >= 0.6 is 0 Å². The summed E-state index contributed by atoms with van der Waals surface area (Å²) in [5, 5.41) is 16.0. The Balaban J connectivity index is 2.00. The first-order chi connectivity index (χ1) is 7.18. The van der Waals surface area contributed by atoms with Crippen LogP contribution in [0.4, 0.5) is 11.6 Å². The number of aromatic nitrogens is 2. The van der Waals surface area contributed by atoms with Crippen LogP contribution in [0.5, 0.6) is 0 Å². The molecule has 0 atom stereocenters. The highest BCUT2D eigenvalue weighted by Gasteiger charge is 2.27. The maximum atomic E-state index is 10.7. The topological polar surface area (TPSA) is 105 Å². The number of carbonyl (C=O) groups is 1. The SMILES string of the molecule is Nc1nonc1N1CCC(C(=O)O)CC1. The van der Waals surface area contributed by atoms with Gasteiger partial charge in [0, 0.05) is 13.1 Å². The lowest BCUT2D eigenvalue weighted by atomic mass is 9.97. The summed E-state index contributed by atoms with van der Waals surface area (Å²) in [5.41, 5.74) is 5.54. The van der Waals surface area contributed by atoms with Crippen molar-refractivity contribution in [3.8, 4) is 0 Å². The lowest BCUT2D eigenvalue weighted by Crippen LogP contribution is -2.36. The Morgan fingerprint density at radius 1 is 1.47 bits per heavy atom. The molecule has 3 N–H and O–H groups in total. The molecule has 0 aromatic carbocycles. The molecule has 1 aliphatic rings. The van der Waals surface area contributed by atoms with Gasteiger partial charge in [-0.1, -0.05) is 0 Å². The molecule has 1 aromatic rings. The number of carboxylic acids is 1. The minimum absolute atomic E-state index is 0.253. The van der Waals surface area contributed by atoms with Gasteiger partial charge in [0.2, 0.25) is 11.6 Å². The Labute approximate surface area is 85.8 Å². The van der Waals surface area contributed by atoms with Crippen LogP contribution in [-0.4, -0.2) is 34.5 Å². The van der Waals surface area contributed by atoms with Crippen molar-refractivity contribution in [2.24, 2.45) is 5.92 Å². The second kappa shape index (κ2) is 3.76. The number of aliphatic carboxylic acids is 1. The minimum atomic E-state index is -0.735. The minimum Gasteiger partial charge on any atom is -0.481 e. The van der Waals surface area contributed by atoms with Gasteiger partial charge in [-0.25, -0.2) is 4.63 Å². The van der Waals surface area contributed by atoms with E-state index in [2.05, 4.69) is 14.9 Å². The molecule has 7 heteroatoms. The van der Waals surface area contributed by atoms with Gasteiger partial charge in [-0.2, -0.15) is 0 Å². The first-order valence-corrected chi connectivity index (χ1v) is 4.74. The smallest absolute Gasteiger partial charge is 0.306 e. The number of piperidine rings is 1. The zero-order valence-electron chi connectivity index (χ0n) is 8.09. The highest BCUT2D eigenvalue weighted by atomic mass is 16.6. The maximum Gasteiger partial charge on any atom is 0.306 e. The molecule has 1 saturated heterocycles. The second-order valence-electron chi connectivity index (χ2n) is 3.57. The molecule has 0 spiro atoms.